The van der Waals surface area contributed by atoms with E-state index in [9.17, 15) is 9.59 Å². The Balaban J connectivity index is 1.97. The second-order valence-electron chi connectivity index (χ2n) is 6.54. The van der Waals surface area contributed by atoms with Gasteiger partial charge in [-0.1, -0.05) is 12.7 Å². The maximum absolute atomic E-state index is 12.3. The molecule has 0 aromatic carbocycles. The van der Waals surface area contributed by atoms with Crippen LogP contribution in [0.5, 0.6) is 0 Å². The summed E-state index contributed by atoms with van der Waals surface area (Å²) in [6.45, 7) is 10.3. The van der Waals surface area contributed by atoms with Gasteiger partial charge in [-0.2, -0.15) is 0 Å². The van der Waals surface area contributed by atoms with Gasteiger partial charge in [0.2, 0.25) is 0 Å². The van der Waals surface area contributed by atoms with Gasteiger partial charge in [-0.3, -0.25) is 4.90 Å². The lowest BCUT2D eigenvalue weighted by molar-refractivity contribution is -0.00475. The third-order valence-corrected chi connectivity index (χ3v) is 3.67. The number of nitrogens with zero attached hydrogens (tertiary/aromatic N) is 2. The summed E-state index contributed by atoms with van der Waals surface area (Å²) in [5.41, 5.74) is -0.503. The molecule has 0 radical (unpaired) electrons. The van der Waals surface area contributed by atoms with E-state index in [-0.39, 0.29) is 30.9 Å². The van der Waals surface area contributed by atoms with E-state index in [2.05, 4.69) is 6.58 Å². The molecule has 0 aromatic heterocycles. The minimum atomic E-state index is -0.503. The van der Waals surface area contributed by atoms with Gasteiger partial charge in [-0.25, -0.2) is 9.59 Å². The molecule has 0 aromatic rings. The number of ether oxygens (including phenoxy) is 2. The molecule has 2 atom stereocenters. The molecule has 2 rings (SSSR count). The lowest BCUT2D eigenvalue weighted by Crippen LogP contribution is -2.58. The Kier molecular flexibility index (Phi) is 4.44. The lowest BCUT2D eigenvalue weighted by atomic mass is 10.2. The number of amides is 2. The highest BCUT2D eigenvalue weighted by Crippen LogP contribution is 2.31. The van der Waals surface area contributed by atoms with Crippen LogP contribution in [0.1, 0.15) is 33.6 Å². The van der Waals surface area contributed by atoms with Crippen LogP contribution in [0.2, 0.25) is 0 Å². The third-order valence-electron chi connectivity index (χ3n) is 3.67. The molecule has 2 saturated heterocycles. The zero-order valence-corrected chi connectivity index (χ0v) is 13.0. The first-order valence-corrected chi connectivity index (χ1v) is 7.35. The number of piperazine rings is 1. The highest BCUT2D eigenvalue weighted by atomic mass is 16.6. The quantitative estimate of drug-likeness (QED) is 0.734. The fourth-order valence-corrected chi connectivity index (χ4v) is 2.89. The summed E-state index contributed by atoms with van der Waals surface area (Å²) in [4.78, 5) is 27.6. The Bertz CT molecular complexity index is 416. The molecule has 0 spiro atoms. The van der Waals surface area contributed by atoms with Crippen molar-refractivity contribution in [1.82, 2.24) is 9.80 Å². The van der Waals surface area contributed by atoms with E-state index < -0.39 is 5.60 Å². The molecule has 118 valence electrons. The fourth-order valence-electron chi connectivity index (χ4n) is 2.89. The zero-order chi connectivity index (χ0) is 15.6. The van der Waals surface area contributed by atoms with Gasteiger partial charge in [0.05, 0.1) is 12.1 Å². The van der Waals surface area contributed by atoms with Crippen molar-refractivity contribution in [3.05, 3.63) is 12.7 Å². The Morgan fingerprint density at radius 3 is 2.24 bits per heavy atom. The average molecular weight is 296 g/mol. The number of carbonyl (C=O) groups is 2. The van der Waals surface area contributed by atoms with Crippen LogP contribution >= 0.6 is 0 Å². The van der Waals surface area contributed by atoms with E-state index in [0.717, 1.165) is 12.8 Å². The van der Waals surface area contributed by atoms with Gasteiger partial charge in [0, 0.05) is 13.1 Å². The largest absolute Gasteiger partial charge is 0.445 e. The summed E-state index contributed by atoms with van der Waals surface area (Å²) in [6, 6.07) is 0.0461. The SMILES string of the molecule is C=CCOC(=O)N1C[C@H]2CC[C@@H](C1)N2C(=O)OC(C)(C)C. The molecule has 2 bridgehead atoms. The van der Waals surface area contributed by atoms with Crippen molar-refractivity contribution in [1.29, 1.82) is 0 Å². The van der Waals surface area contributed by atoms with Crippen molar-refractivity contribution in [2.75, 3.05) is 19.7 Å². The van der Waals surface area contributed by atoms with Gasteiger partial charge in [-0.05, 0) is 33.6 Å². The Morgan fingerprint density at radius 1 is 1.19 bits per heavy atom. The molecule has 2 aliphatic rings. The summed E-state index contributed by atoms with van der Waals surface area (Å²) in [5.74, 6) is 0. The van der Waals surface area contributed by atoms with Gasteiger partial charge in [0.15, 0.2) is 0 Å². The maximum Gasteiger partial charge on any atom is 0.410 e. The first kappa shape index (κ1) is 15.7. The van der Waals surface area contributed by atoms with Crippen LogP contribution in [0.3, 0.4) is 0 Å². The molecule has 2 fully saturated rings. The van der Waals surface area contributed by atoms with Gasteiger partial charge < -0.3 is 14.4 Å². The average Bonchev–Trinajstić information content (AvgIpc) is 2.65. The molecule has 6 heteroatoms. The zero-order valence-electron chi connectivity index (χ0n) is 13.0. The topological polar surface area (TPSA) is 59.1 Å². The maximum atomic E-state index is 12.3. The second-order valence-corrected chi connectivity index (χ2v) is 6.54. The monoisotopic (exact) mass is 296 g/mol. The van der Waals surface area contributed by atoms with Crippen molar-refractivity contribution in [2.45, 2.75) is 51.3 Å². The normalized spacial score (nSPS) is 24.7. The van der Waals surface area contributed by atoms with Gasteiger partial charge >= 0.3 is 12.2 Å². The molecule has 2 aliphatic heterocycles. The minimum absolute atomic E-state index is 0.0230. The first-order chi connectivity index (χ1) is 9.81. The van der Waals surface area contributed by atoms with Crippen LogP contribution in [-0.2, 0) is 9.47 Å². The number of hydrogen-bond acceptors (Lipinski definition) is 4. The predicted octanol–water partition coefficient (Wildman–Crippen LogP) is 2.39. The molecule has 0 saturated carbocycles. The number of carbonyl (C=O) groups excluding carboxylic acids is 2. The van der Waals surface area contributed by atoms with Crippen molar-refractivity contribution in [3.63, 3.8) is 0 Å². The van der Waals surface area contributed by atoms with Crippen LogP contribution in [0.4, 0.5) is 9.59 Å². The summed E-state index contributed by atoms with van der Waals surface area (Å²) < 4.78 is 10.5. The number of rotatable bonds is 2. The Labute approximate surface area is 125 Å². The number of hydrogen-bond donors (Lipinski definition) is 0. The summed E-state index contributed by atoms with van der Waals surface area (Å²) >= 11 is 0. The molecule has 2 heterocycles. The molecule has 2 amide bonds. The van der Waals surface area contributed by atoms with Crippen LogP contribution in [0.15, 0.2) is 12.7 Å². The summed E-state index contributed by atoms with van der Waals surface area (Å²) in [7, 11) is 0. The molecule has 21 heavy (non-hydrogen) atoms. The molecular formula is C15H24N2O4. The molecule has 6 nitrogen and oxygen atoms in total. The smallest absolute Gasteiger partial charge is 0.410 e. The standard InChI is InChI=1S/C15H24N2O4/c1-5-8-20-13(18)16-9-11-6-7-12(10-16)17(11)14(19)21-15(2,3)4/h5,11-12H,1,6-10H2,2-4H3/t11-,12+. The van der Waals surface area contributed by atoms with Gasteiger partial charge in [0.1, 0.15) is 12.2 Å². The molecule has 0 unspecified atom stereocenters. The van der Waals surface area contributed by atoms with Crippen LogP contribution in [0, 0.1) is 0 Å². The summed E-state index contributed by atoms with van der Waals surface area (Å²) in [5, 5.41) is 0. The van der Waals surface area contributed by atoms with Crippen molar-refractivity contribution in [2.24, 2.45) is 0 Å². The van der Waals surface area contributed by atoms with E-state index >= 15 is 0 Å². The highest BCUT2D eigenvalue weighted by molar-refractivity contribution is 5.72. The van der Waals surface area contributed by atoms with E-state index in [0.29, 0.717) is 13.1 Å². The second kappa shape index (κ2) is 5.95. The number of likely N-dealkylation sites (tertiary alicyclic amines) is 1. The van der Waals surface area contributed by atoms with Crippen LogP contribution < -0.4 is 0 Å². The third kappa shape index (κ3) is 3.68. The first-order valence-electron chi connectivity index (χ1n) is 7.35. The van der Waals surface area contributed by atoms with Gasteiger partial charge in [0.25, 0.3) is 0 Å². The van der Waals surface area contributed by atoms with Crippen molar-refractivity contribution in [3.8, 4) is 0 Å². The lowest BCUT2D eigenvalue weighted by Gasteiger charge is -2.40. The van der Waals surface area contributed by atoms with E-state index in [1.807, 2.05) is 20.8 Å². The Morgan fingerprint density at radius 2 is 1.76 bits per heavy atom. The van der Waals surface area contributed by atoms with Crippen LogP contribution in [0.25, 0.3) is 0 Å². The van der Waals surface area contributed by atoms with Crippen molar-refractivity contribution < 1.29 is 19.1 Å². The molecule has 0 aliphatic carbocycles. The highest BCUT2D eigenvalue weighted by Gasteiger charge is 2.45. The molecule has 0 N–H and O–H groups in total. The number of fused-ring (bicyclic) bond motifs is 2. The Hall–Kier alpha value is -1.72. The van der Waals surface area contributed by atoms with Gasteiger partial charge in [-0.15, -0.1) is 0 Å². The van der Waals surface area contributed by atoms with E-state index in [1.165, 1.54) is 0 Å². The van der Waals surface area contributed by atoms with E-state index in [1.54, 1.807) is 15.9 Å². The summed E-state index contributed by atoms with van der Waals surface area (Å²) in [6.07, 6.45) is 2.72. The van der Waals surface area contributed by atoms with Crippen LogP contribution in [-0.4, -0.2) is 59.4 Å². The minimum Gasteiger partial charge on any atom is -0.445 e. The fraction of sp³-hybridized carbons (Fsp3) is 0.733. The molecular weight excluding hydrogens is 272 g/mol. The van der Waals surface area contributed by atoms with E-state index in [4.69, 9.17) is 9.47 Å². The predicted molar refractivity (Wildman–Crippen MR) is 78.0 cm³/mol. The van der Waals surface area contributed by atoms with Crippen molar-refractivity contribution >= 4 is 12.2 Å².